The Morgan fingerprint density at radius 3 is 1.92 bits per heavy atom. The van der Waals surface area contributed by atoms with Crippen LogP contribution >= 0.6 is 0 Å². The zero-order valence-corrected chi connectivity index (χ0v) is 15.5. The molecule has 1 N–H and O–H groups in total. The summed E-state index contributed by atoms with van der Waals surface area (Å²) in [7, 11) is 0. The van der Waals surface area contributed by atoms with Crippen LogP contribution in [0.3, 0.4) is 0 Å². The first-order chi connectivity index (χ1) is 12.3. The van der Waals surface area contributed by atoms with Crippen molar-refractivity contribution in [3.05, 3.63) is 60.2 Å². The summed E-state index contributed by atoms with van der Waals surface area (Å²) in [4.78, 5) is 12.2. The van der Waals surface area contributed by atoms with Crippen LogP contribution in [0.25, 0.3) is 11.1 Å². The van der Waals surface area contributed by atoms with E-state index in [0.717, 1.165) is 24.1 Å². The molecule has 0 saturated carbocycles. The van der Waals surface area contributed by atoms with Gasteiger partial charge in [0.05, 0.1) is 0 Å². The van der Waals surface area contributed by atoms with E-state index in [4.69, 9.17) is 0 Å². The first-order valence-electron chi connectivity index (χ1n) is 9.75. The maximum Gasteiger partial charge on any atom is 0.251 e. The number of carbonyl (C=O) groups excluding carboxylic acids is 1. The third-order valence-corrected chi connectivity index (χ3v) is 4.57. The normalized spacial score (nSPS) is 10.6. The molecule has 25 heavy (non-hydrogen) atoms. The molecule has 1 amide bonds. The van der Waals surface area contributed by atoms with Crippen LogP contribution in [0.1, 0.15) is 68.6 Å². The summed E-state index contributed by atoms with van der Waals surface area (Å²) >= 11 is 0. The molecule has 0 unspecified atom stereocenters. The van der Waals surface area contributed by atoms with Gasteiger partial charge in [-0.25, -0.2) is 0 Å². The maximum atomic E-state index is 12.2. The molecule has 2 aromatic carbocycles. The van der Waals surface area contributed by atoms with Gasteiger partial charge >= 0.3 is 0 Å². The fraction of sp³-hybridized carbons (Fsp3) is 0.435. The van der Waals surface area contributed by atoms with Gasteiger partial charge in [-0.1, -0.05) is 94.3 Å². The van der Waals surface area contributed by atoms with Crippen molar-refractivity contribution in [2.75, 3.05) is 6.54 Å². The third kappa shape index (κ3) is 7.13. The lowest BCUT2D eigenvalue weighted by Gasteiger charge is -2.07. The number of benzene rings is 2. The molecule has 0 saturated heterocycles. The molecule has 0 fully saturated rings. The van der Waals surface area contributed by atoms with Crippen molar-refractivity contribution < 1.29 is 4.79 Å². The molecule has 134 valence electrons. The SMILES string of the molecule is CCCCCCCCCCNC(=O)c1ccc(-c2ccccc2)cc1. The van der Waals surface area contributed by atoms with Crippen LogP contribution in [0.4, 0.5) is 0 Å². The summed E-state index contributed by atoms with van der Waals surface area (Å²) in [5, 5.41) is 3.03. The smallest absolute Gasteiger partial charge is 0.251 e. The Bertz CT molecular complexity index is 604. The van der Waals surface area contributed by atoms with E-state index in [2.05, 4.69) is 24.4 Å². The molecule has 2 aromatic rings. The van der Waals surface area contributed by atoms with Gasteiger partial charge in [-0.15, -0.1) is 0 Å². The monoisotopic (exact) mass is 337 g/mol. The van der Waals surface area contributed by atoms with Gasteiger partial charge in [0.1, 0.15) is 0 Å². The van der Waals surface area contributed by atoms with E-state index in [0.29, 0.717) is 0 Å². The molecular weight excluding hydrogens is 306 g/mol. The molecule has 2 nitrogen and oxygen atoms in total. The van der Waals surface area contributed by atoms with E-state index in [9.17, 15) is 4.79 Å². The van der Waals surface area contributed by atoms with Gasteiger partial charge in [0.15, 0.2) is 0 Å². The standard InChI is InChI=1S/C23H31NO/c1-2-3-4-5-6-7-8-12-19-24-23(25)22-17-15-21(16-18-22)20-13-10-9-11-14-20/h9-11,13-18H,2-8,12,19H2,1H3,(H,24,25). The molecule has 0 atom stereocenters. The molecule has 0 spiro atoms. The number of nitrogens with one attached hydrogen (secondary N) is 1. The number of carbonyl (C=O) groups is 1. The van der Waals surface area contributed by atoms with Gasteiger partial charge < -0.3 is 5.32 Å². The summed E-state index contributed by atoms with van der Waals surface area (Å²) in [6.45, 7) is 3.02. The molecule has 0 aromatic heterocycles. The molecule has 0 aliphatic carbocycles. The summed E-state index contributed by atoms with van der Waals surface area (Å²) in [6, 6.07) is 18.1. The second-order valence-corrected chi connectivity index (χ2v) is 6.67. The van der Waals surface area contributed by atoms with Crippen molar-refractivity contribution in [3.8, 4) is 11.1 Å². The Balaban J connectivity index is 1.64. The van der Waals surface area contributed by atoms with Crippen molar-refractivity contribution in [2.45, 2.75) is 58.3 Å². The zero-order chi connectivity index (χ0) is 17.7. The molecule has 2 rings (SSSR count). The van der Waals surface area contributed by atoms with E-state index in [1.54, 1.807) is 0 Å². The van der Waals surface area contributed by atoms with Crippen LogP contribution in [0.5, 0.6) is 0 Å². The van der Waals surface area contributed by atoms with Gasteiger partial charge in [-0.2, -0.15) is 0 Å². The van der Waals surface area contributed by atoms with Crippen LogP contribution in [-0.2, 0) is 0 Å². The second-order valence-electron chi connectivity index (χ2n) is 6.67. The Morgan fingerprint density at radius 2 is 1.28 bits per heavy atom. The number of rotatable bonds is 11. The fourth-order valence-electron chi connectivity index (χ4n) is 3.01. The van der Waals surface area contributed by atoms with Gasteiger partial charge in [0.25, 0.3) is 5.91 Å². The first-order valence-corrected chi connectivity index (χ1v) is 9.75. The van der Waals surface area contributed by atoms with Crippen LogP contribution in [0.15, 0.2) is 54.6 Å². The second kappa shape index (κ2) is 11.5. The summed E-state index contributed by atoms with van der Waals surface area (Å²) in [6.07, 6.45) is 10.3. The van der Waals surface area contributed by atoms with Gasteiger partial charge in [-0.05, 0) is 29.7 Å². The Labute approximate surface area is 152 Å². The lowest BCUT2D eigenvalue weighted by molar-refractivity contribution is 0.0953. The Kier molecular flexibility index (Phi) is 8.82. The molecule has 0 bridgehead atoms. The number of unbranched alkanes of at least 4 members (excludes halogenated alkanes) is 7. The van der Waals surface area contributed by atoms with Crippen LogP contribution in [0.2, 0.25) is 0 Å². The van der Waals surface area contributed by atoms with Gasteiger partial charge in [0, 0.05) is 12.1 Å². The van der Waals surface area contributed by atoms with E-state index in [-0.39, 0.29) is 5.91 Å². The van der Waals surface area contributed by atoms with Crippen molar-refractivity contribution >= 4 is 5.91 Å². The highest BCUT2D eigenvalue weighted by atomic mass is 16.1. The van der Waals surface area contributed by atoms with E-state index in [1.165, 1.54) is 50.5 Å². The zero-order valence-electron chi connectivity index (χ0n) is 15.5. The Morgan fingerprint density at radius 1 is 0.720 bits per heavy atom. The fourth-order valence-corrected chi connectivity index (χ4v) is 3.01. The van der Waals surface area contributed by atoms with E-state index < -0.39 is 0 Å². The van der Waals surface area contributed by atoms with Crippen LogP contribution < -0.4 is 5.32 Å². The highest BCUT2D eigenvalue weighted by molar-refractivity contribution is 5.94. The van der Waals surface area contributed by atoms with E-state index in [1.807, 2.05) is 42.5 Å². The summed E-state index contributed by atoms with van der Waals surface area (Å²) in [5.74, 6) is 0.0301. The highest BCUT2D eigenvalue weighted by Crippen LogP contribution is 2.19. The predicted molar refractivity (Wildman–Crippen MR) is 107 cm³/mol. The van der Waals surface area contributed by atoms with Crippen LogP contribution in [0, 0.1) is 0 Å². The summed E-state index contributed by atoms with van der Waals surface area (Å²) in [5.41, 5.74) is 3.05. The minimum absolute atomic E-state index is 0.0301. The van der Waals surface area contributed by atoms with E-state index >= 15 is 0 Å². The van der Waals surface area contributed by atoms with Crippen molar-refractivity contribution in [2.24, 2.45) is 0 Å². The minimum Gasteiger partial charge on any atom is -0.352 e. The molecule has 0 radical (unpaired) electrons. The first kappa shape index (κ1) is 19.2. The van der Waals surface area contributed by atoms with Crippen molar-refractivity contribution in [1.29, 1.82) is 0 Å². The van der Waals surface area contributed by atoms with Gasteiger partial charge in [-0.3, -0.25) is 4.79 Å². The topological polar surface area (TPSA) is 29.1 Å². The largest absolute Gasteiger partial charge is 0.352 e. The quantitative estimate of drug-likeness (QED) is 0.484. The summed E-state index contributed by atoms with van der Waals surface area (Å²) < 4.78 is 0. The molecule has 2 heteroatoms. The number of hydrogen-bond donors (Lipinski definition) is 1. The average molecular weight is 338 g/mol. The molecule has 0 aliphatic rings. The highest BCUT2D eigenvalue weighted by Gasteiger charge is 2.05. The number of amides is 1. The third-order valence-electron chi connectivity index (χ3n) is 4.57. The lowest BCUT2D eigenvalue weighted by atomic mass is 10.0. The van der Waals surface area contributed by atoms with Gasteiger partial charge in [0.2, 0.25) is 0 Å². The lowest BCUT2D eigenvalue weighted by Crippen LogP contribution is -2.24. The minimum atomic E-state index is 0.0301. The average Bonchev–Trinajstić information content (AvgIpc) is 2.67. The number of hydrogen-bond acceptors (Lipinski definition) is 1. The van der Waals surface area contributed by atoms with Crippen molar-refractivity contribution in [3.63, 3.8) is 0 Å². The predicted octanol–water partition coefficient (Wildman–Crippen LogP) is 6.22. The maximum absolute atomic E-state index is 12.2. The van der Waals surface area contributed by atoms with Crippen molar-refractivity contribution in [1.82, 2.24) is 5.32 Å². The molecular formula is C23H31NO. The molecule has 0 heterocycles. The Hall–Kier alpha value is -2.09. The van der Waals surface area contributed by atoms with Crippen LogP contribution in [-0.4, -0.2) is 12.5 Å². The molecule has 0 aliphatic heterocycles.